The first-order chi connectivity index (χ1) is 22.4. The van der Waals surface area contributed by atoms with Crippen molar-refractivity contribution in [2.75, 3.05) is 19.8 Å². The molecule has 0 radical (unpaired) electrons. The number of amides is 2. The molecule has 250 valence electrons. The standard InChI is InChI=1S/C39H50N2O4SSi/c1-7-23-44-37(43)41-27-35(26-34(41)25-29-24-33(40-36(29)42)28-45-47(5,6)38(2,3)4)46-39(30-17-11-8-12-18-30,31-19-13-9-14-20-31)32-21-15-10-16-22-32/h7-22,29,33-35H,1,23-28H2,2-6H3,(H,40,42)/t29?,33-,34+,35-/m0/s1. The normalized spacial score (nSPS) is 21.8. The third kappa shape index (κ3) is 7.87. The van der Waals surface area contributed by atoms with E-state index in [-0.39, 0.29) is 46.9 Å². The van der Waals surface area contributed by atoms with Gasteiger partial charge in [-0.2, -0.15) is 0 Å². The number of likely N-dealkylation sites (tertiary alicyclic amines) is 1. The molecule has 0 aromatic heterocycles. The van der Waals surface area contributed by atoms with E-state index < -0.39 is 13.1 Å². The number of hydrogen-bond acceptors (Lipinski definition) is 5. The molecule has 1 N–H and O–H groups in total. The summed E-state index contributed by atoms with van der Waals surface area (Å²) in [4.78, 5) is 28.7. The second-order valence-corrected chi connectivity index (χ2v) is 20.7. The summed E-state index contributed by atoms with van der Waals surface area (Å²) in [5.41, 5.74) is 3.56. The molecular formula is C39H50N2O4SSi. The van der Waals surface area contributed by atoms with Gasteiger partial charge >= 0.3 is 6.09 Å². The number of nitrogens with one attached hydrogen (secondary N) is 1. The molecular weight excluding hydrogens is 621 g/mol. The zero-order valence-corrected chi connectivity index (χ0v) is 30.3. The summed E-state index contributed by atoms with van der Waals surface area (Å²) in [6.07, 6.45) is 3.31. The first-order valence-electron chi connectivity index (χ1n) is 16.8. The predicted molar refractivity (Wildman–Crippen MR) is 195 cm³/mol. The van der Waals surface area contributed by atoms with Gasteiger partial charge in [-0.3, -0.25) is 4.79 Å². The molecule has 4 atom stereocenters. The van der Waals surface area contributed by atoms with Gasteiger partial charge in [0.15, 0.2) is 8.32 Å². The molecule has 2 heterocycles. The molecule has 3 aromatic rings. The number of benzene rings is 3. The summed E-state index contributed by atoms with van der Waals surface area (Å²) in [5.74, 6) is -0.134. The van der Waals surface area contributed by atoms with Crippen molar-refractivity contribution >= 4 is 32.1 Å². The Balaban J connectivity index is 1.41. The number of thioether (sulfide) groups is 1. The SMILES string of the molecule is C=CCOC(=O)N1C[C@@H](SC(c2ccccc2)(c2ccccc2)c2ccccc2)C[C@H]1CC1C[C@@H](CO[Si](C)(C)C(C)(C)C)NC1=O. The van der Waals surface area contributed by atoms with Crippen molar-refractivity contribution in [1.82, 2.24) is 10.2 Å². The molecule has 2 saturated heterocycles. The van der Waals surface area contributed by atoms with Crippen LogP contribution in [0.3, 0.4) is 0 Å². The van der Waals surface area contributed by atoms with Crippen LogP contribution in [-0.2, 0) is 18.7 Å². The molecule has 0 spiro atoms. The molecule has 2 amide bonds. The minimum absolute atomic E-state index is 0.0174. The summed E-state index contributed by atoms with van der Waals surface area (Å²) in [7, 11) is -1.94. The van der Waals surface area contributed by atoms with E-state index in [4.69, 9.17) is 9.16 Å². The first-order valence-corrected chi connectivity index (χ1v) is 20.6. The fourth-order valence-electron chi connectivity index (χ4n) is 6.59. The molecule has 2 fully saturated rings. The summed E-state index contributed by atoms with van der Waals surface area (Å²) in [6, 6.07) is 31.8. The van der Waals surface area contributed by atoms with E-state index in [1.807, 2.05) is 16.7 Å². The lowest BCUT2D eigenvalue weighted by atomic mass is 9.84. The maximum absolute atomic E-state index is 13.5. The Hall–Kier alpha value is -3.33. The number of ether oxygens (including phenoxy) is 1. The van der Waals surface area contributed by atoms with Crippen LogP contribution in [0.5, 0.6) is 0 Å². The highest BCUT2D eigenvalue weighted by atomic mass is 32.2. The van der Waals surface area contributed by atoms with Gasteiger partial charge < -0.3 is 19.4 Å². The molecule has 8 heteroatoms. The molecule has 2 aliphatic rings. The fourth-order valence-corrected chi connectivity index (χ4v) is 9.51. The maximum Gasteiger partial charge on any atom is 0.410 e. The van der Waals surface area contributed by atoms with Crippen molar-refractivity contribution in [2.24, 2.45) is 5.92 Å². The molecule has 0 bridgehead atoms. The third-order valence-electron chi connectivity index (χ3n) is 10.1. The average molecular weight is 671 g/mol. The second kappa shape index (κ2) is 14.8. The Kier molecular flexibility index (Phi) is 11.0. The van der Waals surface area contributed by atoms with Gasteiger partial charge in [0.2, 0.25) is 5.91 Å². The highest BCUT2D eigenvalue weighted by Gasteiger charge is 2.46. The van der Waals surface area contributed by atoms with Crippen molar-refractivity contribution in [3.05, 3.63) is 120 Å². The molecule has 0 saturated carbocycles. The highest BCUT2D eigenvalue weighted by Crippen LogP contribution is 2.52. The van der Waals surface area contributed by atoms with Crippen molar-refractivity contribution in [1.29, 1.82) is 0 Å². The Morgan fingerprint density at radius 1 is 0.936 bits per heavy atom. The fraction of sp³-hybridized carbons (Fsp3) is 0.436. The van der Waals surface area contributed by atoms with Crippen molar-refractivity contribution in [3.8, 4) is 0 Å². The van der Waals surface area contributed by atoms with Crippen LogP contribution in [0.2, 0.25) is 18.1 Å². The minimum atomic E-state index is -1.94. The largest absolute Gasteiger partial charge is 0.445 e. The van der Waals surface area contributed by atoms with Gasteiger partial charge in [-0.25, -0.2) is 4.79 Å². The molecule has 6 nitrogen and oxygen atoms in total. The summed E-state index contributed by atoms with van der Waals surface area (Å²) in [5, 5.41) is 3.40. The predicted octanol–water partition coefficient (Wildman–Crippen LogP) is 8.39. The zero-order valence-electron chi connectivity index (χ0n) is 28.5. The van der Waals surface area contributed by atoms with Gasteiger partial charge in [-0.05, 0) is 54.1 Å². The number of carbonyl (C=O) groups is 2. The lowest BCUT2D eigenvalue weighted by Crippen LogP contribution is -2.44. The topological polar surface area (TPSA) is 67.9 Å². The highest BCUT2D eigenvalue weighted by molar-refractivity contribution is 8.01. The van der Waals surface area contributed by atoms with Crippen molar-refractivity contribution in [3.63, 3.8) is 0 Å². The quantitative estimate of drug-likeness (QED) is 0.119. The van der Waals surface area contributed by atoms with E-state index in [2.05, 4.69) is 137 Å². The molecule has 3 aromatic carbocycles. The summed E-state index contributed by atoms with van der Waals surface area (Å²) < 4.78 is 11.6. The second-order valence-electron chi connectivity index (χ2n) is 14.4. The van der Waals surface area contributed by atoms with Gasteiger partial charge in [0.1, 0.15) is 6.61 Å². The smallest absolute Gasteiger partial charge is 0.410 e. The van der Waals surface area contributed by atoms with Crippen molar-refractivity contribution < 1.29 is 18.8 Å². The first kappa shape index (κ1) is 35.0. The Morgan fingerprint density at radius 2 is 1.47 bits per heavy atom. The van der Waals surface area contributed by atoms with Crippen LogP contribution in [0, 0.1) is 5.92 Å². The number of nitrogens with zero attached hydrogens (tertiary/aromatic N) is 1. The monoisotopic (exact) mass is 670 g/mol. The minimum Gasteiger partial charge on any atom is -0.445 e. The van der Waals surface area contributed by atoms with Crippen molar-refractivity contribution in [2.45, 2.75) is 80.2 Å². The Labute approximate surface area is 286 Å². The van der Waals surface area contributed by atoms with Gasteiger partial charge in [0.25, 0.3) is 0 Å². The zero-order chi connectivity index (χ0) is 33.7. The van der Waals surface area contributed by atoms with Crippen LogP contribution < -0.4 is 5.32 Å². The lowest BCUT2D eigenvalue weighted by Gasteiger charge is -2.37. The van der Waals surface area contributed by atoms with Crippen LogP contribution in [0.1, 0.15) is 56.7 Å². The van der Waals surface area contributed by atoms with Gasteiger partial charge in [0, 0.05) is 23.8 Å². The van der Waals surface area contributed by atoms with Crippen LogP contribution in [-0.4, -0.2) is 62.3 Å². The Morgan fingerprint density at radius 3 is 1.96 bits per heavy atom. The van der Waals surface area contributed by atoms with Gasteiger partial charge in [-0.15, -0.1) is 11.8 Å². The maximum atomic E-state index is 13.5. The number of carbonyl (C=O) groups excluding carboxylic acids is 2. The summed E-state index contributed by atoms with van der Waals surface area (Å²) >= 11 is 1.89. The van der Waals surface area contributed by atoms with Gasteiger partial charge in [-0.1, -0.05) is 124 Å². The van der Waals surface area contributed by atoms with E-state index in [0.717, 1.165) is 6.42 Å². The molecule has 2 aliphatic heterocycles. The molecule has 5 rings (SSSR count). The van der Waals surface area contributed by atoms with E-state index in [1.165, 1.54) is 16.7 Å². The Bertz CT molecular complexity index is 1400. The van der Waals surface area contributed by atoms with E-state index >= 15 is 0 Å². The van der Waals surface area contributed by atoms with E-state index in [9.17, 15) is 9.59 Å². The van der Waals surface area contributed by atoms with Crippen LogP contribution in [0.4, 0.5) is 4.79 Å². The van der Waals surface area contributed by atoms with E-state index in [0.29, 0.717) is 26.0 Å². The van der Waals surface area contributed by atoms with Crippen LogP contribution in [0.25, 0.3) is 0 Å². The molecule has 0 aliphatic carbocycles. The van der Waals surface area contributed by atoms with Gasteiger partial charge in [0.05, 0.1) is 17.4 Å². The average Bonchev–Trinajstić information content (AvgIpc) is 3.64. The number of rotatable bonds is 12. The molecule has 1 unspecified atom stereocenters. The lowest BCUT2D eigenvalue weighted by molar-refractivity contribution is -0.123. The van der Waals surface area contributed by atoms with Crippen LogP contribution >= 0.6 is 11.8 Å². The third-order valence-corrected chi connectivity index (χ3v) is 16.4. The van der Waals surface area contributed by atoms with E-state index in [1.54, 1.807) is 6.08 Å². The summed E-state index contributed by atoms with van der Waals surface area (Å²) in [6.45, 7) is 16.1. The van der Waals surface area contributed by atoms with Crippen LogP contribution in [0.15, 0.2) is 104 Å². The number of hydrogen-bond donors (Lipinski definition) is 1. The molecule has 47 heavy (non-hydrogen) atoms.